The molecule has 1 fully saturated rings. The number of hydrogen-bond acceptors (Lipinski definition) is 6. The molecule has 28 heavy (non-hydrogen) atoms. The van der Waals surface area contributed by atoms with E-state index in [1.807, 2.05) is 30.5 Å². The van der Waals surface area contributed by atoms with Gasteiger partial charge in [-0.1, -0.05) is 12.1 Å². The number of aromatic amines is 1. The zero-order valence-corrected chi connectivity index (χ0v) is 17.2. The number of para-hydroxylation sites is 2. The van der Waals surface area contributed by atoms with Gasteiger partial charge in [0.1, 0.15) is 0 Å². The molecule has 0 saturated carbocycles. The monoisotopic (exact) mass is 398 g/mol. The zero-order chi connectivity index (χ0) is 19.3. The molecule has 1 N–H and O–H groups in total. The van der Waals surface area contributed by atoms with Crippen LogP contribution in [-0.4, -0.2) is 46.9 Å². The van der Waals surface area contributed by atoms with Gasteiger partial charge in [-0.05, 0) is 38.1 Å². The van der Waals surface area contributed by atoms with Crippen molar-refractivity contribution in [3.05, 3.63) is 57.8 Å². The minimum Gasteiger partial charge on any atom is -0.493 e. The molecular weight excluding hydrogens is 372 g/mol. The second kappa shape index (κ2) is 8.75. The van der Waals surface area contributed by atoms with Crippen molar-refractivity contribution in [2.24, 2.45) is 0 Å². The number of ether oxygens (including phenoxy) is 2. The molecule has 0 bridgehead atoms. The quantitative estimate of drug-likeness (QED) is 0.625. The summed E-state index contributed by atoms with van der Waals surface area (Å²) >= 11 is 1.79. The Morgan fingerprint density at radius 3 is 2.93 bits per heavy atom. The number of hydrogen-bond donors (Lipinski definition) is 1. The molecule has 1 aliphatic heterocycles. The van der Waals surface area contributed by atoms with Gasteiger partial charge in [0.05, 0.1) is 24.4 Å². The van der Waals surface area contributed by atoms with Gasteiger partial charge in [0.25, 0.3) is 0 Å². The van der Waals surface area contributed by atoms with Crippen molar-refractivity contribution in [3.8, 4) is 11.5 Å². The number of nitrogens with one attached hydrogen (secondary N) is 1. The van der Waals surface area contributed by atoms with Crippen molar-refractivity contribution in [2.45, 2.75) is 32.2 Å². The molecule has 4 rings (SSSR count). The maximum Gasteiger partial charge on any atom is 0.161 e. The van der Waals surface area contributed by atoms with Crippen LogP contribution in [0.15, 0.2) is 36.5 Å². The maximum absolute atomic E-state index is 5.87. The van der Waals surface area contributed by atoms with Crippen LogP contribution < -0.4 is 9.47 Å². The Morgan fingerprint density at radius 2 is 2.14 bits per heavy atom. The number of nitrogens with zero attached hydrogens (tertiary/aromatic N) is 3. The second-order valence-corrected chi connectivity index (χ2v) is 8.45. The average molecular weight is 399 g/mol. The van der Waals surface area contributed by atoms with Crippen LogP contribution in [0.2, 0.25) is 0 Å². The summed E-state index contributed by atoms with van der Waals surface area (Å²) in [6.45, 7) is 5.80. The average Bonchev–Trinajstić information content (AvgIpc) is 3.44. The number of thiazole rings is 1. The first-order valence-corrected chi connectivity index (χ1v) is 10.5. The smallest absolute Gasteiger partial charge is 0.161 e. The third-order valence-electron chi connectivity index (χ3n) is 5.09. The predicted molar refractivity (Wildman–Crippen MR) is 110 cm³/mol. The Hall–Kier alpha value is -2.38. The van der Waals surface area contributed by atoms with Gasteiger partial charge >= 0.3 is 0 Å². The molecule has 1 aliphatic rings. The lowest BCUT2D eigenvalue weighted by Gasteiger charge is -2.13. The molecule has 6 nitrogen and oxygen atoms in total. The van der Waals surface area contributed by atoms with E-state index in [4.69, 9.17) is 9.47 Å². The molecule has 148 valence electrons. The highest BCUT2D eigenvalue weighted by Gasteiger charge is 2.26. The first kappa shape index (κ1) is 19.0. The standard InChI is InChI=1S/C21H26N4O2S/c1-15-22-12-18(28-15)14-25-9-7-16(13-25)19-11-17(23-24-19)8-10-27-21-6-4-3-5-20(21)26-2/h3-6,11-12,16H,7-10,13-14H2,1-2H3,(H,23,24)/t16-/m0/s1. The van der Waals surface area contributed by atoms with Crippen LogP contribution in [0.1, 0.15) is 33.6 Å². The van der Waals surface area contributed by atoms with Crippen molar-refractivity contribution in [1.82, 2.24) is 20.1 Å². The van der Waals surface area contributed by atoms with Crippen molar-refractivity contribution >= 4 is 11.3 Å². The Morgan fingerprint density at radius 1 is 1.29 bits per heavy atom. The first-order chi connectivity index (χ1) is 13.7. The van der Waals surface area contributed by atoms with Crippen molar-refractivity contribution in [3.63, 3.8) is 0 Å². The number of aromatic nitrogens is 3. The number of benzene rings is 1. The highest BCUT2D eigenvalue weighted by molar-refractivity contribution is 7.11. The number of H-pyrrole nitrogens is 1. The molecule has 0 radical (unpaired) electrons. The number of aryl methyl sites for hydroxylation is 1. The van der Waals surface area contributed by atoms with Crippen LogP contribution in [0.25, 0.3) is 0 Å². The molecule has 1 saturated heterocycles. The van der Waals surface area contributed by atoms with E-state index >= 15 is 0 Å². The van der Waals surface area contributed by atoms with E-state index in [0.717, 1.165) is 60.4 Å². The molecule has 3 aromatic rings. The van der Waals surface area contributed by atoms with Gasteiger partial charge in [-0.25, -0.2) is 4.98 Å². The van der Waals surface area contributed by atoms with Crippen LogP contribution in [-0.2, 0) is 13.0 Å². The SMILES string of the molecule is COc1ccccc1OCCc1cc([C@H]2CCN(Cc3cnc(C)s3)C2)n[nH]1. The number of methoxy groups -OCH3 is 1. The second-order valence-electron chi connectivity index (χ2n) is 7.13. The summed E-state index contributed by atoms with van der Waals surface area (Å²) in [7, 11) is 1.66. The Labute approximate surface area is 169 Å². The molecule has 1 aromatic carbocycles. The van der Waals surface area contributed by atoms with Gasteiger partial charge in [-0.2, -0.15) is 5.10 Å². The van der Waals surface area contributed by atoms with E-state index in [1.54, 1.807) is 18.4 Å². The summed E-state index contributed by atoms with van der Waals surface area (Å²) in [5.74, 6) is 2.03. The van der Waals surface area contributed by atoms with E-state index in [-0.39, 0.29) is 0 Å². The molecular formula is C21H26N4O2S. The van der Waals surface area contributed by atoms with Crippen LogP contribution in [0.3, 0.4) is 0 Å². The van der Waals surface area contributed by atoms with Gasteiger partial charge < -0.3 is 9.47 Å². The Bertz CT molecular complexity index is 907. The van der Waals surface area contributed by atoms with Crippen LogP contribution in [0, 0.1) is 6.92 Å². The molecule has 0 unspecified atom stereocenters. The summed E-state index contributed by atoms with van der Waals surface area (Å²) in [5.41, 5.74) is 2.27. The highest BCUT2D eigenvalue weighted by atomic mass is 32.1. The fourth-order valence-corrected chi connectivity index (χ4v) is 4.48. The zero-order valence-electron chi connectivity index (χ0n) is 16.4. The van der Waals surface area contributed by atoms with Gasteiger partial charge in [0.15, 0.2) is 11.5 Å². The predicted octanol–water partition coefficient (Wildman–Crippen LogP) is 3.79. The third-order valence-corrected chi connectivity index (χ3v) is 5.99. The van der Waals surface area contributed by atoms with Crippen LogP contribution in [0.4, 0.5) is 0 Å². The summed E-state index contributed by atoms with van der Waals surface area (Å²) in [6, 6.07) is 9.91. The number of rotatable bonds is 8. The number of likely N-dealkylation sites (tertiary alicyclic amines) is 1. The van der Waals surface area contributed by atoms with Crippen LogP contribution >= 0.6 is 11.3 Å². The summed E-state index contributed by atoms with van der Waals surface area (Å²) < 4.78 is 11.2. The first-order valence-electron chi connectivity index (χ1n) is 9.65. The minimum absolute atomic E-state index is 0.495. The van der Waals surface area contributed by atoms with Crippen molar-refractivity contribution < 1.29 is 9.47 Å². The third kappa shape index (κ3) is 4.54. The fraction of sp³-hybridized carbons (Fsp3) is 0.429. The van der Waals surface area contributed by atoms with Gasteiger partial charge in [0.2, 0.25) is 0 Å². The molecule has 0 aliphatic carbocycles. The normalized spacial score (nSPS) is 17.1. The van der Waals surface area contributed by atoms with Gasteiger partial charge in [-0.15, -0.1) is 11.3 Å². The molecule has 3 heterocycles. The molecule has 0 amide bonds. The van der Waals surface area contributed by atoms with E-state index in [1.165, 1.54) is 4.88 Å². The Kier molecular flexibility index (Phi) is 5.92. The van der Waals surface area contributed by atoms with E-state index in [9.17, 15) is 0 Å². The van der Waals surface area contributed by atoms with Crippen molar-refractivity contribution in [1.29, 1.82) is 0 Å². The summed E-state index contributed by atoms with van der Waals surface area (Å²) in [5, 5.41) is 8.88. The lowest BCUT2D eigenvalue weighted by molar-refractivity contribution is 0.296. The van der Waals surface area contributed by atoms with Gasteiger partial charge in [-0.3, -0.25) is 10.00 Å². The molecule has 0 spiro atoms. The topological polar surface area (TPSA) is 63.3 Å². The lowest BCUT2D eigenvalue weighted by atomic mass is 10.0. The summed E-state index contributed by atoms with van der Waals surface area (Å²) in [4.78, 5) is 8.19. The Balaban J connectivity index is 1.27. The van der Waals surface area contributed by atoms with Crippen molar-refractivity contribution in [2.75, 3.05) is 26.8 Å². The molecule has 7 heteroatoms. The maximum atomic E-state index is 5.87. The van der Waals surface area contributed by atoms with Crippen LogP contribution in [0.5, 0.6) is 11.5 Å². The summed E-state index contributed by atoms with van der Waals surface area (Å²) in [6.07, 6.45) is 3.95. The van der Waals surface area contributed by atoms with E-state index in [0.29, 0.717) is 12.5 Å². The molecule has 1 atom stereocenters. The van der Waals surface area contributed by atoms with E-state index < -0.39 is 0 Å². The minimum atomic E-state index is 0.495. The molecule has 2 aromatic heterocycles. The van der Waals surface area contributed by atoms with E-state index in [2.05, 4.69) is 33.1 Å². The largest absolute Gasteiger partial charge is 0.493 e. The lowest BCUT2D eigenvalue weighted by Crippen LogP contribution is -2.19. The highest BCUT2D eigenvalue weighted by Crippen LogP contribution is 2.29. The fourth-order valence-electron chi connectivity index (χ4n) is 3.64. The van der Waals surface area contributed by atoms with Gasteiger partial charge in [0, 0.05) is 42.2 Å².